The molecule has 11 heavy (non-hydrogen) atoms. The van der Waals surface area contributed by atoms with Gasteiger partial charge >= 0.3 is 87.6 Å². The molecule has 0 aromatic carbocycles. The van der Waals surface area contributed by atoms with Crippen LogP contribution in [0.2, 0.25) is 0 Å². The molecular formula is C6H9I2N3. The van der Waals surface area contributed by atoms with E-state index in [4.69, 9.17) is 0 Å². The Labute approximate surface area is 87.0 Å². The van der Waals surface area contributed by atoms with Crippen LogP contribution in [0.25, 0.3) is 0 Å². The molecule has 3 nitrogen and oxygen atoms in total. The van der Waals surface area contributed by atoms with Crippen molar-refractivity contribution in [3.63, 3.8) is 0 Å². The first kappa shape index (κ1) is 9.56. The molecule has 0 saturated carbocycles. The topological polar surface area (TPSA) is 38.7 Å². The van der Waals surface area contributed by atoms with Crippen molar-refractivity contribution >= 4 is 42.4 Å². The fraction of sp³-hybridized carbons (Fsp3) is 0.500. The van der Waals surface area contributed by atoms with Crippen LogP contribution in [0.5, 0.6) is 0 Å². The molecule has 0 aliphatic carbocycles. The monoisotopic (exact) mass is 377 g/mol. The van der Waals surface area contributed by atoms with E-state index in [0.29, 0.717) is 0 Å². The SMILES string of the molecule is Cc1nc(I)nc(I(C)C)n1. The Balaban J connectivity index is 3.08. The van der Waals surface area contributed by atoms with Gasteiger partial charge in [0.1, 0.15) is 0 Å². The summed E-state index contributed by atoms with van der Waals surface area (Å²) in [5.41, 5.74) is 0. The molecule has 0 aliphatic rings. The summed E-state index contributed by atoms with van der Waals surface area (Å²) in [6, 6.07) is 0. The predicted molar refractivity (Wildman–Crippen MR) is 61.8 cm³/mol. The summed E-state index contributed by atoms with van der Waals surface area (Å²) in [5, 5.41) is 0. The van der Waals surface area contributed by atoms with E-state index in [1.54, 1.807) is 0 Å². The Morgan fingerprint density at radius 3 is 2.27 bits per heavy atom. The minimum atomic E-state index is -1.01. The van der Waals surface area contributed by atoms with Crippen LogP contribution in [0.4, 0.5) is 0 Å². The van der Waals surface area contributed by atoms with Gasteiger partial charge in [-0.1, -0.05) is 0 Å². The Bertz CT molecular complexity index is 242. The van der Waals surface area contributed by atoms with Crippen LogP contribution < -0.4 is 0 Å². The van der Waals surface area contributed by atoms with Gasteiger partial charge in [-0.15, -0.1) is 0 Å². The molecule has 0 unspecified atom stereocenters. The van der Waals surface area contributed by atoms with Gasteiger partial charge in [-0.25, -0.2) is 0 Å². The van der Waals surface area contributed by atoms with Crippen LogP contribution in [0.1, 0.15) is 5.82 Å². The molecule has 0 amide bonds. The van der Waals surface area contributed by atoms with Crippen molar-refractivity contribution in [2.45, 2.75) is 6.92 Å². The van der Waals surface area contributed by atoms with Crippen molar-refractivity contribution < 1.29 is 0 Å². The van der Waals surface area contributed by atoms with Crippen LogP contribution in [0, 0.1) is 14.6 Å². The fourth-order valence-electron chi connectivity index (χ4n) is 0.587. The Hall–Kier alpha value is 0.470. The quantitative estimate of drug-likeness (QED) is 0.553. The number of rotatable bonds is 1. The molecular weight excluding hydrogens is 368 g/mol. The Kier molecular flexibility index (Phi) is 3.41. The van der Waals surface area contributed by atoms with Crippen molar-refractivity contribution in [1.82, 2.24) is 15.0 Å². The van der Waals surface area contributed by atoms with Crippen LogP contribution in [0.15, 0.2) is 0 Å². The fourth-order valence-corrected chi connectivity index (χ4v) is 3.17. The van der Waals surface area contributed by atoms with Gasteiger partial charge in [-0.05, 0) is 0 Å². The first-order valence-electron chi connectivity index (χ1n) is 2.98. The molecule has 0 radical (unpaired) electrons. The first-order valence-corrected chi connectivity index (χ1v) is 9.45. The molecule has 0 bridgehead atoms. The van der Waals surface area contributed by atoms with Crippen molar-refractivity contribution in [2.24, 2.45) is 0 Å². The number of halogens is 2. The summed E-state index contributed by atoms with van der Waals surface area (Å²) < 4.78 is 1.85. The van der Waals surface area contributed by atoms with E-state index < -0.39 is 19.8 Å². The predicted octanol–water partition coefficient (Wildman–Crippen LogP) is 1.72. The van der Waals surface area contributed by atoms with Crippen molar-refractivity contribution in [2.75, 3.05) is 9.86 Å². The molecule has 1 rings (SSSR count). The van der Waals surface area contributed by atoms with Crippen LogP contribution in [0.3, 0.4) is 0 Å². The average molecular weight is 377 g/mol. The third kappa shape index (κ3) is 2.77. The van der Waals surface area contributed by atoms with E-state index in [1.807, 2.05) is 6.92 Å². The molecule has 1 heterocycles. The summed E-state index contributed by atoms with van der Waals surface area (Å²) in [6.45, 7) is 1.91. The first-order chi connectivity index (χ1) is 5.09. The minimum absolute atomic E-state index is 0.816. The second kappa shape index (κ2) is 3.92. The van der Waals surface area contributed by atoms with E-state index in [2.05, 4.69) is 47.4 Å². The molecule has 0 fully saturated rings. The normalized spacial score (nSPS) is 11.5. The van der Waals surface area contributed by atoms with Gasteiger partial charge < -0.3 is 0 Å². The van der Waals surface area contributed by atoms with Crippen molar-refractivity contribution in [1.29, 1.82) is 0 Å². The molecule has 1 aromatic rings. The van der Waals surface area contributed by atoms with Gasteiger partial charge in [0.15, 0.2) is 0 Å². The number of alkyl halides is 2. The number of hydrogen-bond acceptors (Lipinski definition) is 3. The average Bonchev–Trinajstić information content (AvgIpc) is 1.85. The van der Waals surface area contributed by atoms with Gasteiger partial charge in [0.2, 0.25) is 0 Å². The molecule has 0 aliphatic heterocycles. The van der Waals surface area contributed by atoms with Gasteiger partial charge in [-0.2, -0.15) is 0 Å². The molecule has 1 aromatic heterocycles. The number of aromatic nitrogens is 3. The zero-order valence-corrected chi connectivity index (χ0v) is 10.9. The zero-order valence-electron chi connectivity index (χ0n) is 6.60. The number of hydrogen-bond donors (Lipinski definition) is 0. The van der Waals surface area contributed by atoms with Gasteiger partial charge in [-0.3, -0.25) is 0 Å². The summed E-state index contributed by atoms with van der Waals surface area (Å²) >= 11 is 1.12. The number of aryl methyl sites for hydroxylation is 1. The Morgan fingerprint density at radius 2 is 1.82 bits per heavy atom. The van der Waals surface area contributed by atoms with E-state index in [0.717, 1.165) is 13.5 Å². The summed E-state index contributed by atoms with van der Waals surface area (Å²) in [5.74, 6) is 0.838. The third-order valence-corrected chi connectivity index (χ3v) is 3.93. The van der Waals surface area contributed by atoms with Gasteiger partial charge in [0.05, 0.1) is 0 Å². The molecule has 0 N–H and O–H groups in total. The summed E-state index contributed by atoms with van der Waals surface area (Å²) in [6.07, 6.45) is 0. The van der Waals surface area contributed by atoms with Crippen molar-refractivity contribution in [3.05, 3.63) is 13.5 Å². The third-order valence-electron chi connectivity index (χ3n) is 1.03. The molecule has 0 saturated heterocycles. The Morgan fingerprint density at radius 1 is 1.18 bits per heavy atom. The second-order valence-corrected chi connectivity index (χ2v) is 8.42. The van der Waals surface area contributed by atoms with Gasteiger partial charge in [0, 0.05) is 0 Å². The molecule has 5 heteroatoms. The van der Waals surface area contributed by atoms with Crippen molar-refractivity contribution in [3.8, 4) is 0 Å². The number of nitrogens with zero attached hydrogens (tertiary/aromatic N) is 3. The summed E-state index contributed by atoms with van der Waals surface area (Å²) in [7, 11) is 0. The van der Waals surface area contributed by atoms with Crippen LogP contribution in [-0.2, 0) is 0 Å². The van der Waals surface area contributed by atoms with E-state index in [9.17, 15) is 0 Å². The van der Waals surface area contributed by atoms with E-state index in [1.165, 1.54) is 0 Å². The van der Waals surface area contributed by atoms with Crippen LogP contribution >= 0.6 is 42.4 Å². The molecule has 0 spiro atoms. The molecule has 0 atom stereocenters. The molecule has 62 valence electrons. The maximum atomic E-state index is 4.28. The maximum absolute atomic E-state index is 4.28. The van der Waals surface area contributed by atoms with E-state index in [-0.39, 0.29) is 0 Å². The van der Waals surface area contributed by atoms with Gasteiger partial charge in [0.25, 0.3) is 0 Å². The standard InChI is InChI=1S/C6H9I2N3/c1-4-9-5(7)11-6(10-4)8(2)3/h1-3H3. The van der Waals surface area contributed by atoms with E-state index >= 15 is 0 Å². The second-order valence-electron chi connectivity index (χ2n) is 2.18. The van der Waals surface area contributed by atoms with Crippen LogP contribution in [-0.4, -0.2) is 24.8 Å². The zero-order chi connectivity index (χ0) is 8.43. The summed E-state index contributed by atoms with van der Waals surface area (Å²) in [4.78, 5) is 17.1.